The van der Waals surface area contributed by atoms with Crippen LogP contribution in [0.4, 0.5) is 0 Å². The highest BCUT2D eigenvalue weighted by Gasteiger charge is 2.25. The molecule has 0 aliphatic carbocycles. The first-order chi connectivity index (χ1) is 18.2. The number of nitrogens with one attached hydrogen (secondary N) is 2. The molecule has 0 unspecified atom stereocenters. The number of halogens is 2. The highest BCUT2D eigenvalue weighted by molar-refractivity contribution is 6.35. The summed E-state index contributed by atoms with van der Waals surface area (Å²) in [5, 5.41) is 7.61. The van der Waals surface area contributed by atoms with E-state index in [0.717, 1.165) is 19.3 Å². The van der Waals surface area contributed by atoms with Gasteiger partial charge < -0.3 is 19.5 Å². The van der Waals surface area contributed by atoms with Crippen LogP contribution in [0.5, 0.6) is 17.2 Å². The molecule has 2 atom stereocenters. The number of hydrogen-bond donors (Lipinski definition) is 2. The highest BCUT2D eigenvalue weighted by atomic mass is 35.5. The van der Waals surface area contributed by atoms with Crippen molar-refractivity contribution in [3.05, 3.63) is 52.0 Å². The lowest BCUT2D eigenvalue weighted by Gasteiger charge is -2.22. The molecule has 0 bridgehead atoms. The molecule has 0 heterocycles. The van der Waals surface area contributed by atoms with E-state index in [2.05, 4.69) is 22.8 Å². The molecule has 2 rings (SSSR count). The first kappa shape index (κ1) is 31.2. The molecule has 0 aromatic heterocycles. The van der Waals surface area contributed by atoms with Gasteiger partial charge in [0.1, 0.15) is 11.8 Å². The number of ether oxygens (including phenoxy) is 3. The first-order valence-electron chi connectivity index (χ1n) is 12.7. The number of benzene rings is 2. The third-order valence-corrected chi connectivity index (χ3v) is 6.04. The van der Waals surface area contributed by atoms with Gasteiger partial charge in [0.25, 0.3) is 11.8 Å². The van der Waals surface area contributed by atoms with Gasteiger partial charge >= 0.3 is 0 Å². The van der Waals surface area contributed by atoms with Crippen LogP contribution in [0, 0.1) is 5.92 Å². The van der Waals surface area contributed by atoms with Crippen LogP contribution < -0.4 is 25.0 Å². The molecule has 0 radical (unpaired) electrons. The van der Waals surface area contributed by atoms with Crippen LogP contribution in [0.2, 0.25) is 10.0 Å². The molecule has 0 aliphatic rings. The second-order valence-corrected chi connectivity index (χ2v) is 10.0. The standard InChI is InChI=1S/C28H37Cl2N3O5/c1-6-7-8-14-37-26-20(10-9-11-25(26)36-5)17-31-33-28(35)23(15-18(2)3)32-27(34)19(4)38-24-13-12-21(29)16-22(24)30/h9-13,16-19,23H,6-8,14-15H2,1-5H3,(H,32,34)(H,33,35)/b31-17-/t19-,23+/m0/s1. The van der Waals surface area contributed by atoms with Crippen molar-refractivity contribution in [3.63, 3.8) is 0 Å². The number of amides is 2. The quantitative estimate of drug-likeness (QED) is 0.156. The largest absolute Gasteiger partial charge is 0.493 e. The summed E-state index contributed by atoms with van der Waals surface area (Å²) in [6.45, 7) is 8.17. The van der Waals surface area contributed by atoms with Crippen molar-refractivity contribution < 1.29 is 23.8 Å². The fourth-order valence-electron chi connectivity index (χ4n) is 3.53. The molecule has 38 heavy (non-hydrogen) atoms. The van der Waals surface area contributed by atoms with Gasteiger partial charge in [-0.1, -0.05) is 62.9 Å². The van der Waals surface area contributed by atoms with E-state index in [9.17, 15) is 9.59 Å². The predicted molar refractivity (Wildman–Crippen MR) is 152 cm³/mol. The molecule has 2 aromatic rings. The van der Waals surface area contributed by atoms with Gasteiger partial charge in [0.05, 0.1) is 25.0 Å². The third kappa shape index (κ3) is 10.1. The molecule has 2 amide bonds. The van der Waals surface area contributed by atoms with Crippen LogP contribution in [-0.2, 0) is 9.59 Å². The summed E-state index contributed by atoms with van der Waals surface area (Å²) in [5.74, 6) is 0.682. The summed E-state index contributed by atoms with van der Waals surface area (Å²) in [6, 6.07) is 9.35. The number of carbonyl (C=O) groups excluding carboxylic acids is 2. The van der Waals surface area contributed by atoms with E-state index in [1.165, 1.54) is 12.3 Å². The van der Waals surface area contributed by atoms with Gasteiger partial charge in [-0.05, 0) is 56.0 Å². The van der Waals surface area contributed by atoms with E-state index in [0.29, 0.717) is 40.9 Å². The zero-order chi connectivity index (χ0) is 28.1. The Hall–Kier alpha value is -2.97. The fourth-order valence-corrected chi connectivity index (χ4v) is 3.98. The van der Waals surface area contributed by atoms with Gasteiger partial charge in [0.2, 0.25) is 0 Å². The predicted octanol–water partition coefficient (Wildman–Crippen LogP) is 6.02. The lowest BCUT2D eigenvalue weighted by molar-refractivity contribution is -0.132. The van der Waals surface area contributed by atoms with Crippen molar-refractivity contribution in [2.75, 3.05) is 13.7 Å². The number of para-hydroxylation sites is 1. The van der Waals surface area contributed by atoms with Crippen LogP contribution in [-0.4, -0.2) is 43.9 Å². The van der Waals surface area contributed by atoms with E-state index in [1.807, 2.05) is 26.0 Å². The van der Waals surface area contributed by atoms with Crippen molar-refractivity contribution in [1.29, 1.82) is 0 Å². The summed E-state index contributed by atoms with van der Waals surface area (Å²) in [5.41, 5.74) is 3.19. The molecular formula is C28H37Cl2N3O5. The van der Waals surface area contributed by atoms with Gasteiger partial charge in [-0.3, -0.25) is 9.59 Å². The third-order valence-electron chi connectivity index (χ3n) is 5.51. The van der Waals surface area contributed by atoms with Gasteiger partial charge in [-0.25, -0.2) is 5.43 Å². The number of hydrazone groups is 1. The van der Waals surface area contributed by atoms with Gasteiger partial charge in [0.15, 0.2) is 17.6 Å². The van der Waals surface area contributed by atoms with Gasteiger partial charge in [-0.15, -0.1) is 0 Å². The molecule has 0 aliphatic heterocycles. The Morgan fingerprint density at radius 3 is 2.47 bits per heavy atom. The SMILES string of the molecule is CCCCCOc1c(/C=N\NC(=O)[C@@H](CC(C)C)NC(=O)[C@H](C)Oc2ccc(Cl)cc2Cl)cccc1OC. The Kier molecular flexibility index (Phi) is 13.2. The molecular weight excluding hydrogens is 529 g/mol. The molecule has 2 N–H and O–H groups in total. The van der Waals surface area contributed by atoms with Crippen LogP contribution in [0.15, 0.2) is 41.5 Å². The minimum atomic E-state index is -0.899. The second kappa shape index (κ2) is 16.1. The smallest absolute Gasteiger partial charge is 0.262 e. The van der Waals surface area contributed by atoms with E-state index < -0.39 is 24.0 Å². The van der Waals surface area contributed by atoms with Crippen LogP contribution in [0.25, 0.3) is 0 Å². The molecule has 208 valence electrons. The lowest BCUT2D eigenvalue weighted by atomic mass is 10.0. The van der Waals surface area contributed by atoms with E-state index in [4.69, 9.17) is 37.4 Å². The Labute approximate surface area is 235 Å². The maximum atomic E-state index is 13.0. The number of methoxy groups -OCH3 is 1. The maximum absolute atomic E-state index is 13.0. The fraction of sp³-hybridized carbons (Fsp3) is 0.464. The summed E-state index contributed by atoms with van der Waals surface area (Å²) >= 11 is 12.1. The zero-order valence-corrected chi connectivity index (χ0v) is 24.1. The molecule has 0 saturated carbocycles. The van der Waals surface area contributed by atoms with Gasteiger partial charge in [0, 0.05) is 10.6 Å². The summed E-state index contributed by atoms with van der Waals surface area (Å²) in [7, 11) is 1.57. The number of carbonyl (C=O) groups is 2. The average molecular weight is 567 g/mol. The Bertz CT molecular complexity index is 1090. The number of hydrogen-bond acceptors (Lipinski definition) is 6. The van der Waals surface area contributed by atoms with Crippen LogP contribution in [0.3, 0.4) is 0 Å². The van der Waals surface area contributed by atoms with Crippen molar-refractivity contribution in [2.45, 2.75) is 65.5 Å². The Morgan fingerprint density at radius 1 is 1.05 bits per heavy atom. The minimum absolute atomic E-state index is 0.137. The number of nitrogens with zero attached hydrogens (tertiary/aromatic N) is 1. The monoisotopic (exact) mass is 565 g/mol. The van der Waals surface area contributed by atoms with Crippen LogP contribution >= 0.6 is 23.2 Å². The van der Waals surface area contributed by atoms with E-state index >= 15 is 0 Å². The van der Waals surface area contributed by atoms with Gasteiger partial charge in [-0.2, -0.15) is 5.10 Å². The van der Waals surface area contributed by atoms with E-state index in [-0.39, 0.29) is 10.9 Å². The Balaban J connectivity index is 2.06. The molecule has 0 fully saturated rings. The van der Waals surface area contributed by atoms with E-state index in [1.54, 1.807) is 32.2 Å². The first-order valence-corrected chi connectivity index (χ1v) is 13.5. The van der Waals surface area contributed by atoms with Crippen molar-refractivity contribution in [2.24, 2.45) is 11.0 Å². The molecule has 0 saturated heterocycles. The van der Waals surface area contributed by atoms with Crippen molar-refractivity contribution >= 4 is 41.2 Å². The van der Waals surface area contributed by atoms with Crippen LogP contribution in [0.1, 0.15) is 58.9 Å². The molecule has 8 nitrogen and oxygen atoms in total. The zero-order valence-electron chi connectivity index (χ0n) is 22.6. The maximum Gasteiger partial charge on any atom is 0.262 e. The molecule has 0 spiro atoms. The topological polar surface area (TPSA) is 98.2 Å². The minimum Gasteiger partial charge on any atom is -0.493 e. The summed E-state index contributed by atoms with van der Waals surface area (Å²) in [6.07, 6.45) is 4.08. The lowest BCUT2D eigenvalue weighted by Crippen LogP contribution is -2.49. The molecule has 2 aromatic carbocycles. The Morgan fingerprint density at radius 2 is 1.82 bits per heavy atom. The second-order valence-electron chi connectivity index (χ2n) is 9.19. The normalized spacial score (nSPS) is 12.7. The highest BCUT2D eigenvalue weighted by Crippen LogP contribution is 2.30. The molecule has 10 heteroatoms. The van der Waals surface area contributed by atoms with Crippen molar-refractivity contribution in [1.82, 2.24) is 10.7 Å². The summed E-state index contributed by atoms with van der Waals surface area (Å²) < 4.78 is 17.1. The number of unbranched alkanes of at least 4 members (excludes halogenated alkanes) is 2. The number of rotatable bonds is 15. The summed E-state index contributed by atoms with van der Waals surface area (Å²) in [4.78, 5) is 25.8. The van der Waals surface area contributed by atoms with Crippen molar-refractivity contribution in [3.8, 4) is 17.2 Å². The average Bonchev–Trinajstić information content (AvgIpc) is 2.87.